The minimum atomic E-state index is -3.10. The second-order valence-corrected chi connectivity index (χ2v) is 2.13. The lowest BCUT2D eigenvalue weighted by molar-refractivity contribution is -0.385. The molecule has 0 amide bonds. The van der Waals surface area contributed by atoms with Crippen LogP contribution in [0.3, 0.4) is 0 Å². The largest absolute Gasteiger partial charge is 0.288 e. The average Bonchev–Trinajstić information content (AvgIpc) is 2.04. The minimum Gasteiger partial charge on any atom is -0.258 e. The molecular formula is C6H3F3N2O2. The van der Waals surface area contributed by atoms with Gasteiger partial charge in [-0.05, 0) is 0 Å². The first-order valence-corrected chi connectivity index (χ1v) is 3.10. The number of aromatic nitrogens is 1. The molecule has 0 atom stereocenters. The molecule has 1 heterocycles. The third-order valence-electron chi connectivity index (χ3n) is 1.30. The van der Waals surface area contributed by atoms with Gasteiger partial charge >= 0.3 is 0 Å². The van der Waals surface area contributed by atoms with Crippen LogP contribution in [0, 0.1) is 16.1 Å². The van der Waals surface area contributed by atoms with Crippen LogP contribution in [-0.4, -0.2) is 9.91 Å². The maximum Gasteiger partial charge on any atom is 0.288 e. The van der Waals surface area contributed by atoms with E-state index in [0.717, 1.165) is 0 Å². The number of hydrogen-bond acceptors (Lipinski definition) is 3. The van der Waals surface area contributed by atoms with E-state index in [0.29, 0.717) is 12.3 Å². The molecule has 0 aliphatic heterocycles. The molecular weight excluding hydrogens is 189 g/mol. The summed E-state index contributed by atoms with van der Waals surface area (Å²) >= 11 is 0. The monoisotopic (exact) mass is 192 g/mol. The van der Waals surface area contributed by atoms with Crippen LogP contribution in [0.5, 0.6) is 0 Å². The van der Waals surface area contributed by atoms with E-state index in [1.165, 1.54) is 0 Å². The van der Waals surface area contributed by atoms with Crippen molar-refractivity contribution in [1.82, 2.24) is 4.98 Å². The lowest BCUT2D eigenvalue weighted by atomic mass is 10.2. The van der Waals surface area contributed by atoms with Crippen molar-refractivity contribution in [3.8, 4) is 0 Å². The maximum atomic E-state index is 12.5. The summed E-state index contributed by atoms with van der Waals surface area (Å²) in [6.07, 6.45) is -2.52. The fraction of sp³-hybridized carbons (Fsp3) is 0.167. The predicted octanol–water partition coefficient (Wildman–Crippen LogP) is 2.07. The molecule has 0 N–H and O–H groups in total. The summed E-state index contributed by atoms with van der Waals surface area (Å²) in [6.45, 7) is 0. The Labute approximate surface area is 70.2 Å². The van der Waals surface area contributed by atoms with E-state index in [-0.39, 0.29) is 0 Å². The molecule has 0 aliphatic carbocycles. The quantitative estimate of drug-likeness (QED) is 0.409. The molecule has 1 aromatic rings. The third kappa shape index (κ3) is 1.92. The Morgan fingerprint density at radius 3 is 2.62 bits per heavy atom. The number of hydrogen-bond donors (Lipinski definition) is 0. The third-order valence-corrected chi connectivity index (χ3v) is 1.30. The summed E-state index contributed by atoms with van der Waals surface area (Å²) in [5, 5.41) is 10.1. The number of nitro groups is 1. The Bertz CT molecular complexity index is 343. The molecule has 1 rings (SSSR count). The van der Waals surface area contributed by atoms with E-state index in [4.69, 9.17) is 0 Å². The lowest BCUT2D eigenvalue weighted by Gasteiger charge is -1.99. The molecule has 0 radical (unpaired) electrons. The van der Waals surface area contributed by atoms with Crippen LogP contribution in [0.25, 0.3) is 0 Å². The molecule has 13 heavy (non-hydrogen) atoms. The van der Waals surface area contributed by atoms with Crippen molar-refractivity contribution in [1.29, 1.82) is 0 Å². The summed E-state index contributed by atoms with van der Waals surface area (Å²) in [4.78, 5) is 12.0. The second-order valence-electron chi connectivity index (χ2n) is 2.13. The van der Waals surface area contributed by atoms with Gasteiger partial charge in [0.1, 0.15) is 6.20 Å². The van der Waals surface area contributed by atoms with Gasteiger partial charge in [-0.2, -0.15) is 4.39 Å². The smallest absolute Gasteiger partial charge is 0.258 e. The second kappa shape index (κ2) is 3.38. The van der Waals surface area contributed by atoms with Crippen molar-refractivity contribution in [2.24, 2.45) is 0 Å². The van der Waals surface area contributed by atoms with Gasteiger partial charge in [0.05, 0.1) is 10.5 Å². The first-order chi connectivity index (χ1) is 6.02. The van der Waals surface area contributed by atoms with E-state index in [9.17, 15) is 23.3 Å². The summed E-state index contributed by atoms with van der Waals surface area (Å²) in [7, 11) is 0. The number of alkyl halides is 2. The highest BCUT2D eigenvalue weighted by molar-refractivity contribution is 5.31. The van der Waals surface area contributed by atoms with E-state index < -0.39 is 28.5 Å². The Balaban J connectivity index is 3.19. The van der Waals surface area contributed by atoms with Crippen molar-refractivity contribution in [3.05, 3.63) is 33.9 Å². The molecule has 1 aromatic heterocycles. The van der Waals surface area contributed by atoms with Gasteiger partial charge in [-0.1, -0.05) is 0 Å². The molecule has 0 saturated carbocycles. The SMILES string of the molecule is O=[N+]([O-])c1cnc(F)c(C(F)F)c1. The van der Waals surface area contributed by atoms with Crippen molar-refractivity contribution in [3.63, 3.8) is 0 Å². The zero-order valence-corrected chi connectivity index (χ0v) is 6.08. The summed E-state index contributed by atoms with van der Waals surface area (Å²) in [5.41, 5.74) is -1.72. The van der Waals surface area contributed by atoms with Crippen molar-refractivity contribution in [2.45, 2.75) is 6.43 Å². The first kappa shape index (κ1) is 9.43. The molecule has 0 spiro atoms. The summed E-state index contributed by atoms with van der Waals surface area (Å²) < 4.78 is 36.4. The number of pyridine rings is 1. The van der Waals surface area contributed by atoms with Gasteiger partial charge in [-0.15, -0.1) is 0 Å². The average molecular weight is 192 g/mol. The van der Waals surface area contributed by atoms with Crippen LogP contribution in [0.4, 0.5) is 18.9 Å². The molecule has 70 valence electrons. The molecule has 0 unspecified atom stereocenters. The Kier molecular flexibility index (Phi) is 2.45. The lowest BCUT2D eigenvalue weighted by Crippen LogP contribution is -1.97. The molecule has 0 fully saturated rings. The number of rotatable bonds is 2. The molecule has 0 aliphatic rings. The zero-order chi connectivity index (χ0) is 10.0. The predicted molar refractivity (Wildman–Crippen MR) is 35.8 cm³/mol. The van der Waals surface area contributed by atoms with Crippen LogP contribution in [0.2, 0.25) is 0 Å². The van der Waals surface area contributed by atoms with Crippen LogP contribution < -0.4 is 0 Å². The normalized spacial score (nSPS) is 10.5. The van der Waals surface area contributed by atoms with Crippen molar-refractivity contribution in [2.75, 3.05) is 0 Å². The van der Waals surface area contributed by atoms with E-state index >= 15 is 0 Å². The first-order valence-electron chi connectivity index (χ1n) is 3.10. The molecule has 0 bridgehead atoms. The molecule has 4 nitrogen and oxygen atoms in total. The molecule has 7 heteroatoms. The Morgan fingerprint density at radius 2 is 2.15 bits per heavy atom. The molecule has 0 saturated heterocycles. The van der Waals surface area contributed by atoms with Crippen molar-refractivity contribution >= 4 is 5.69 Å². The maximum absolute atomic E-state index is 12.5. The highest BCUT2D eigenvalue weighted by atomic mass is 19.3. The Hall–Kier alpha value is -1.66. The van der Waals surface area contributed by atoms with Crippen LogP contribution in [-0.2, 0) is 0 Å². The van der Waals surface area contributed by atoms with Gasteiger partial charge in [-0.3, -0.25) is 10.1 Å². The van der Waals surface area contributed by atoms with Crippen LogP contribution in [0.1, 0.15) is 12.0 Å². The van der Waals surface area contributed by atoms with E-state index in [1.807, 2.05) is 0 Å². The van der Waals surface area contributed by atoms with Gasteiger partial charge in [-0.25, -0.2) is 13.8 Å². The van der Waals surface area contributed by atoms with Gasteiger partial charge in [0, 0.05) is 6.07 Å². The fourth-order valence-corrected chi connectivity index (χ4v) is 0.706. The summed E-state index contributed by atoms with van der Waals surface area (Å²) in [5.74, 6) is -1.39. The molecule has 0 aromatic carbocycles. The summed E-state index contributed by atoms with van der Waals surface area (Å²) in [6, 6.07) is 0.465. The minimum absolute atomic E-state index is 0.465. The standard InChI is InChI=1S/C6H3F3N2O2/c7-5(8)4-1-3(11(12)13)2-10-6(4)9/h1-2,5H. The van der Waals surface area contributed by atoms with Gasteiger partial charge in [0.25, 0.3) is 12.1 Å². The highest BCUT2D eigenvalue weighted by Crippen LogP contribution is 2.24. The van der Waals surface area contributed by atoms with Gasteiger partial charge in [0.2, 0.25) is 5.95 Å². The fourth-order valence-electron chi connectivity index (χ4n) is 0.706. The number of nitrogens with zero attached hydrogens (tertiary/aromatic N) is 2. The van der Waals surface area contributed by atoms with Crippen molar-refractivity contribution < 1.29 is 18.1 Å². The highest BCUT2D eigenvalue weighted by Gasteiger charge is 2.18. The van der Waals surface area contributed by atoms with E-state index in [1.54, 1.807) is 0 Å². The zero-order valence-electron chi connectivity index (χ0n) is 6.08. The van der Waals surface area contributed by atoms with E-state index in [2.05, 4.69) is 4.98 Å². The number of halogens is 3. The van der Waals surface area contributed by atoms with Crippen LogP contribution >= 0.6 is 0 Å². The van der Waals surface area contributed by atoms with Gasteiger partial charge < -0.3 is 0 Å². The Morgan fingerprint density at radius 1 is 1.54 bits per heavy atom. The van der Waals surface area contributed by atoms with Gasteiger partial charge in [0.15, 0.2) is 0 Å². The topological polar surface area (TPSA) is 56.0 Å². The van der Waals surface area contributed by atoms with Crippen LogP contribution in [0.15, 0.2) is 12.3 Å².